The summed E-state index contributed by atoms with van der Waals surface area (Å²) in [5.41, 5.74) is 5.43. The molecule has 0 atom stereocenters. The Morgan fingerprint density at radius 3 is 2.56 bits per heavy atom. The predicted molar refractivity (Wildman–Crippen MR) is 60.9 cm³/mol. The van der Waals surface area contributed by atoms with Crippen LogP contribution in [0.3, 0.4) is 0 Å². The van der Waals surface area contributed by atoms with Crippen LogP contribution in [0.5, 0.6) is 0 Å². The number of hydrogen-bond donors (Lipinski definition) is 1. The molecule has 0 radical (unpaired) electrons. The minimum atomic E-state index is -3.83. The van der Waals surface area contributed by atoms with E-state index >= 15 is 0 Å². The fraction of sp³-hybridized carbons (Fsp3) is 0.400. The molecule has 0 saturated carbocycles. The van der Waals surface area contributed by atoms with Crippen LogP contribution in [0.4, 0.5) is 10.1 Å². The highest BCUT2D eigenvalue weighted by atomic mass is 32.2. The van der Waals surface area contributed by atoms with Crippen LogP contribution >= 0.6 is 0 Å². The van der Waals surface area contributed by atoms with Crippen molar-refractivity contribution in [3.05, 3.63) is 24.0 Å². The number of sulfonamides is 1. The molecule has 0 spiro atoms. The van der Waals surface area contributed by atoms with Gasteiger partial charge in [-0.1, -0.05) is 13.0 Å². The molecule has 0 unspecified atom stereocenters. The average molecular weight is 246 g/mol. The van der Waals surface area contributed by atoms with Crippen LogP contribution in [0, 0.1) is 5.82 Å². The molecule has 0 aliphatic rings. The van der Waals surface area contributed by atoms with E-state index < -0.39 is 20.7 Å². The molecule has 4 nitrogen and oxygen atoms in total. The van der Waals surface area contributed by atoms with Gasteiger partial charge < -0.3 is 5.73 Å². The van der Waals surface area contributed by atoms with Crippen molar-refractivity contribution in [1.82, 2.24) is 4.31 Å². The summed E-state index contributed by atoms with van der Waals surface area (Å²) in [5.74, 6) is -0.817. The zero-order valence-electron chi connectivity index (χ0n) is 9.27. The summed E-state index contributed by atoms with van der Waals surface area (Å²) in [6, 6.07) is 3.84. The Balaban J connectivity index is 3.27. The summed E-state index contributed by atoms with van der Waals surface area (Å²) in [4.78, 5) is -0.439. The van der Waals surface area contributed by atoms with Gasteiger partial charge in [0.25, 0.3) is 0 Å². The van der Waals surface area contributed by atoms with Crippen LogP contribution in [0.2, 0.25) is 0 Å². The van der Waals surface area contributed by atoms with Gasteiger partial charge in [0, 0.05) is 13.6 Å². The van der Waals surface area contributed by atoms with E-state index in [9.17, 15) is 12.8 Å². The predicted octanol–water partition coefficient (Wildman–Crippen LogP) is 1.44. The van der Waals surface area contributed by atoms with Gasteiger partial charge in [0.15, 0.2) is 0 Å². The highest BCUT2D eigenvalue weighted by molar-refractivity contribution is 7.89. The van der Waals surface area contributed by atoms with Gasteiger partial charge in [-0.2, -0.15) is 0 Å². The molecule has 0 bridgehead atoms. The van der Waals surface area contributed by atoms with Gasteiger partial charge in [-0.05, 0) is 18.6 Å². The molecule has 0 aliphatic heterocycles. The van der Waals surface area contributed by atoms with Crippen LogP contribution in [0.25, 0.3) is 0 Å². The first-order valence-corrected chi connectivity index (χ1v) is 6.35. The van der Waals surface area contributed by atoms with Crippen molar-refractivity contribution in [2.45, 2.75) is 18.2 Å². The second-order valence-corrected chi connectivity index (χ2v) is 5.47. The van der Waals surface area contributed by atoms with E-state index in [0.717, 1.165) is 10.4 Å². The number of halogens is 1. The zero-order chi connectivity index (χ0) is 12.3. The van der Waals surface area contributed by atoms with Gasteiger partial charge >= 0.3 is 0 Å². The topological polar surface area (TPSA) is 63.4 Å². The van der Waals surface area contributed by atoms with Gasteiger partial charge in [-0.3, -0.25) is 0 Å². The second kappa shape index (κ2) is 4.80. The summed E-state index contributed by atoms with van der Waals surface area (Å²) >= 11 is 0. The van der Waals surface area contributed by atoms with E-state index in [4.69, 9.17) is 5.73 Å². The Kier molecular flexibility index (Phi) is 3.88. The minimum Gasteiger partial charge on any atom is -0.398 e. The lowest BCUT2D eigenvalue weighted by Crippen LogP contribution is -2.29. The standard InChI is InChI=1S/C10H15FN2O2S/c1-3-7-13(2)16(14,15)10-8(11)5-4-6-9(10)12/h4-6H,3,7,12H2,1-2H3. The fourth-order valence-electron chi connectivity index (χ4n) is 1.39. The maximum Gasteiger partial charge on any atom is 0.247 e. The first-order valence-electron chi connectivity index (χ1n) is 4.91. The van der Waals surface area contributed by atoms with E-state index in [2.05, 4.69) is 0 Å². The molecule has 1 aromatic carbocycles. The van der Waals surface area contributed by atoms with Crippen LogP contribution in [-0.2, 0) is 10.0 Å². The smallest absolute Gasteiger partial charge is 0.247 e. The van der Waals surface area contributed by atoms with Crippen LogP contribution in [0.15, 0.2) is 23.1 Å². The monoisotopic (exact) mass is 246 g/mol. The van der Waals surface area contributed by atoms with Gasteiger partial charge in [0.2, 0.25) is 10.0 Å². The van der Waals surface area contributed by atoms with Crippen LogP contribution in [0.1, 0.15) is 13.3 Å². The lowest BCUT2D eigenvalue weighted by molar-refractivity contribution is 0.462. The largest absolute Gasteiger partial charge is 0.398 e. The summed E-state index contributed by atoms with van der Waals surface area (Å²) < 4.78 is 38.5. The Morgan fingerprint density at radius 1 is 1.44 bits per heavy atom. The molecule has 6 heteroatoms. The van der Waals surface area contributed by atoms with E-state index in [1.807, 2.05) is 6.92 Å². The Labute approximate surface area is 94.9 Å². The zero-order valence-corrected chi connectivity index (χ0v) is 10.1. The van der Waals surface area contributed by atoms with Crippen molar-refractivity contribution in [2.24, 2.45) is 0 Å². The molecule has 0 amide bonds. The summed E-state index contributed by atoms with van der Waals surface area (Å²) in [5, 5.41) is 0. The Bertz CT molecular complexity index is 453. The quantitative estimate of drug-likeness (QED) is 0.818. The number of nitrogens with two attached hydrogens (primary N) is 1. The highest BCUT2D eigenvalue weighted by Gasteiger charge is 2.26. The van der Waals surface area contributed by atoms with Crippen molar-refractivity contribution >= 4 is 15.7 Å². The number of hydrogen-bond acceptors (Lipinski definition) is 3. The second-order valence-electron chi connectivity index (χ2n) is 3.48. The molecule has 16 heavy (non-hydrogen) atoms. The molecule has 90 valence electrons. The lowest BCUT2D eigenvalue weighted by Gasteiger charge is -2.17. The van der Waals surface area contributed by atoms with Crippen molar-refractivity contribution in [1.29, 1.82) is 0 Å². The molecular weight excluding hydrogens is 231 g/mol. The molecule has 1 aromatic rings. The van der Waals surface area contributed by atoms with E-state index in [-0.39, 0.29) is 5.69 Å². The van der Waals surface area contributed by atoms with Crippen LogP contribution < -0.4 is 5.73 Å². The van der Waals surface area contributed by atoms with E-state index in [1.54, 1.807) is 0 Å². The van der Waals surface area contributed by atoms with Crippen molar-refractivity contribution in [3.8, 4) is 0 Å². The molecule has 0 heterocycles. The molecule has 0 saturated heterocycles. The minimum absolute atomic E-state index is 0.0667. The maximum absolute atomic E-state index is 13.5. The van der Waals surface area contributed by atoms with Crippen molar-refractivity contribution < 1.29 is 12.8 Å². The fourth-order valence-corrected chi connectivity index (χ4v) is 2.80. The third-order valence-electron chi connectivity index (χ3n) is 2.20. The number of rotatable bonds is 4. The summed E-state index contributed by atoms with van der Waals surface area (Å²) in [6.45, 7) is 2.17. The van der Waals surface area contributed by atoms with Gasteiger partial charge in [0.05, 0.1) is 5.69 Å². The molecule has 0 aromatic heterocycles. The van der Waals surface area contributed by atoms with Gasteiger partial charge in [-0.15, -0.1) is 0 Å². The maximum atomic E-state index is 13.5. The third kappa shape index (κ3) is 2.33. The van der Waals surface area contributed by atoms with Crippen molar-refractivity contribution in [3.63, 3.8) is 0 Å². The SMILES string of the molecule is CCCN(C)S(=O)(=O)c1c(N)cccc1F. The molecule has 0 aliphatic carbocycles. The van der Waals surface area contributed by atoms with E-state index in [0.29, 0.717) is 13.0 Å². The molecule has 1 rings (SSSR count). The lowest BCUT2D eigenvalue weighted by atomic mass is 10.3. The Hall–Kier alpha value is -1.14. The van der Waals surface area contributed by atoms with Crippen LogP contribution in [-0.4, -0.2) is 26.3 Å². The van der Waals surface area contributed by atoms with Gasteiger partial charge in [-0.25, -0.2) is 17.1 Å². The normalized spacial score (nSPS) is 12.0. The number of nitrogen functional groups attached to an aromatic ring is 1. The number of nitrogens with zero attached hydrogens (tertiary/aromatic N) is 1. The first kappa shape index (κ1) is 12.9. The number of benzene rings is 1. The average Bonchev–Trinajstić information content (AvgIpc) is 2.17. The van der Waals surface area contributed by atoms with Crippen molar-refractivity contribution in [2.75, 3.05) is 19.3 Å². The van der Waals surface area contributed by atoms with E-state index in [1.165, 1.54) is 19.2 Å². The Morgan fingerprint density at radius 2 is 2.06 bits per heavy atom. The third-order valence-corrected chi connectivity index (χ3v) is 4.15. The first-order chi connectivity index (χ1) is 7.41. The summed E-state index contributed by atoms with van der Waals surface area (Å²) in [6.07, 6.45) is 0.657. The highest BCUT2D eigenvalue weighted by Crippen LogP contribution is 2.24. The number of anilines is 1. The summed E-state index contributed by atoms with van der Waals surface area (Å²) in [7, 11) is -2.42. The molecular formula is C10H15FN2O2S. The van der Waals surface area contributed by atoms with Gasteiger partial charge in [0.1, 0.15) is 10.7 Å². The molecule has 2 N–H and O–H groups in total. The molecule has 0 fully saturated rings.